The van der Waals surface area contributed by atoms with Crippen molar-refractivity contribution in [1.82, 2.24) is 34.4 Å². The average molecular weight is 312 g/mol. The molecule has 1 fully saturated rings. The number of hydrogen-bond donors (Lipinski definition) is 1. The van der Waals surface area contributed by atoms with Crippen molar-refractivity contribution in [3.8, 4) is 0 Å². The van der Waals surface area contributed by atoms with Gasteiger partial charge in [-0.25, -0.2) is 15.0 Å². The molecule has 23 heavy (non-hydrogen) atoms. The summed E-state index contributed by atoms with van der Waals surface area (Å²) in [6.07, 6.45) is 6.63. The number of piperazine rings is 1. The molecule has 0 saturated carbocycles. The number of anilines is 1. The maximum Gasteiger partial charge on any atom is 0.274 e. The van der Waals surface area contributed by atoms with E-state index in [1.165, 1.54) is 10.8 Å². The molecule has 1 aliphatic heterocycles. The van der Waals surface area contributed by atoms with Crippen LogP contribution in [-0.4, -0.2) is 60.6 Å². The summed E-state index contributed by atoms with van der Waals surface area (Å²) < 4.78 is 1.33. The van der Waals surface area contributed by atoms with Gasteiger partial charge in [-0.3, -0.25) is 19.8 Å². The van der Waals surface area contributed by atoms with E-state index in [1.54, 1.807) is 24.7 Å². The van der Waals surface area contributed by atoms with Gasteiger partial charge in [-0.1, -0.05) is 0 Å². The quantitative estimate of drug-likeness (QED) is 0.698. The molecule has 0 unspecified atom stereocenters. The third-order valence-corrected chi connectivity index (χ3v) is 3.95. The second kappa shape index (κ2) is 5.76. The van der Waals surface area contributed by atoms with Crippen LogP contribution in [0.2, 0.25) is 0 Å². The SMILES string of the molecule is O=c1cc(CN2CCN(c3cnccn3)CC2)nc2nc[nH]n12. The Labute approximate surface area is 131 Å². The largest absolute Gasteiger partial charge is 0.353 e. The van der Waals surface area contributed by atoms with Gasteiger partial charge < -0.3 is 4.90 Å². The van der Waals surface area contributed by atoms with Crippen LogP contribution in [0.5, 0.6) is 0 Å². The van der Waals surface area contributed by atoms with Crippen LogP contribution in [0.1, 0.15) is 5.69 Å². The fraction of sp³-hybridized carbons (Fsp3) is 0.357. The molecule has 1 aliphatic rings. The molecule has 4 rings (SSSR count). The van der Waals surface area contributed by atoms with Crippen molar-refractivity contribution in [3.05, 3.63) is 47.0 Å². The third-order valence-electron chi connectivity index (χ3n) is 3.95. The molecule has 1 saturated heterocycles. The third kappa shape index (κ3) is 2.78. The Balaban J connectivity index is 1.43. The number of nitrogens with zero attached hydrogens (tertiary/aromatic N) is 7. The van der Waals surface area contributed by atoms with Crippen molar-refractivity contribution in [2.45, 2.75) is 6.54 Å². The van der Waals surface area contributed by atoms with Crippen LogP contribution in [0, 0.1) is 0 Å². The van der Waals surface area contributed by atoms with E-state index in [4.69, 9.17) is 0 Å². The van der Waals surface area contributed by atoms with Crippen LogP contribution < -0.4 is 10.5 Å². The predicted octanol–water partition coefficient (Wildman–Crippen LogP) is -0.470. The van der Waals surface area contributed by atoms with Crippen LogP contribution in [0.4, 0.5) is 5.82 Å². The van der Waals surface area contributed by atoms with Crippen molar-refractivity contribution in [2.75, 3.05) is 31.1 Å². The highest BCUT2D eigenvalue weighted by molar-refractivity contribution is 5.35. The Hall–Kier alpha value is -2.81. The summed E-state index contributed by atoms with van der Waals surface area (Å²) in [7, 11) is 0. The van der Waals surface area contributed by atoms with E-state index in [9.17, 15) is 4.79 Å². The first-order chi connectivity index (χ1) is 11.3. The van der Waals surface area contributed by atoms with Crippen LogP contribution >= 0.6 is 0 Å². The summed E-state index contributed by atoms with van der Waals surface area (Å²) in [6, 6.07) is 1.56. The number of aromatic nitrogens is 6. The second-order valence-electron chi connectivity index (χ2n) is 5.44. The molecule has 0 aromatic carbocycles. The summed E-state index contributed by atoms with van der Waals surface area (Å²) in [6.45, 7) is 4.17. The topological polar surface area (TPSA) is 95.3 Å². The van der Waals surface area contributed by atoms with Gasteiger partial charge in [-0.2, -0.15) is 4.52 Å². The maximum atomic E-state index is 11.9. The maximum absolute atomic E-state index is 11.9. The van der Waals surface area contributed by atoms with Gasteiger partial charge in [0, 0.05) is 51.2 Å². The Kier molecular flexibility index (Phi) is 3.46. The Morgan fingerprint density at radius 3 is 2.78 bits per heavy atom. The Morgan fingerprint density at radius 2 is 2.00 bits per heavy atom. The summed E-state index contributed by atoms with van der Waals surface area (Å²) in [5.41, 5.74) is 0.607. The molecule has 3 aromatic heterocycles. The van der Waals surface area contributed by atoms with E-state index < -0.39 is 0 Å². The van der Waals surface area contributed by atoms with Crippen LogP contribution in [-0.2, 0) is 6.54 Å². The van der Waals surface area contributed by atoms with Crippen molar-refractivity contribution >= 4 is 11.6 Å². The van der Waals surface area contributed by atoms with Crippen molar-refractivity contribution < 1.29 is 0 Å². The second-order valence-corrected chi connectivity index (χ2v) is 5.44. The fourth-order valence-electron chi connectivity index (χ4n) is 2.77. The summed E-state index contributed by atoms with van der Waals surface area (Å²) >= 11 is 0. The number of fused-ring (bicyclic) bond motifs is 1. The molecule has 0 spiro atoms. The van der Waals surface area contributed by atoms with E-state index in [2.05, 4.69) is 34.8 Å². The van der Waals surface area contributed by atoms with Gasteiger partial charge in [0.25, 0.3) is 11.3 Å². The minimum absolute atomic E-state index is 0.138. The summed E-state index contributed by atoms with van der Waals surface area (Å²) in [5, 5.41) is 2.74. The highest BCUT2D eigenvalue weighted by Crippen LogP contribution is 2.12. The van der Waals surface area contributed by atoms with E-state index in [-0.39, 0.29) is 5.56 Å². The molecule has 0 bridgehead atoms. The lowest BCUT2D eigenvalue weighted by Gasteiger charge is -2.34. The van der Waals surface area contributed by atoms with Gasteiger partial charge in [-0.15, -0.1) is 0 Å². The average Bonchev–Trinajstić information content (AvgIpc) is 3.05. The Morgan fingerprint density at radius 1 is 1.13 bits per heavy atom. The summed E-state index contributed by atoms with van der Waals surface area (Å²) in [4.78, 5) is 33.3. The first-order valence-electron chi connectivity index (χ1n) is 7.45. The number of aromatic amines is 1. The van der Waals surface area contributed by atoms with Crippen molar-refractivity contribution in [1.29, 1.82) is 0 Å². The van der Waals surface area contributed by atoms with Gasteiger partial charge in [0.05, 0.1) is 11.9 Å². The van der Waals surface area contributed by atoms with E-state index >= 15 is 0 Å². The molecule has 9 heteroatoms. The predicted molar refractivity (Wildman–Crippen MR) is 83.1 cm³/mol. The van der Waals surface area contributed by atoms with Gasteiger partial charge in [-0.05, 0) is 0 Å². The van der Waals surface area contributed by atoms with Gasteiger partial charge >= 0.3 is 0 Å². The van der Waals surface area contributed by atoms with Gasteiger partial charge in [0.2, 0.25) is 0 Å². The lowest BCUT2D eigenvalue weighted by Crippen LogP contribution is -2.46. The smallest absolute Gasteiger partial charge is 0.274 e. The first kappa shape index (κ1) is 13.8. The zero-order valence-electron chi connectivity index (χ0n) is 12.5. The standard InChI is InChI=1S/C14H16N8O/c23-13-7-11(19-14-17-10-18-22(13)14)9-20-3-5-21(6-4-20)12-8-15-1-2-16-12/h1-2,7-8,10H,3-6,9H2,(H,17,18,19). The van der Waals surface area contributed by atoms with E-state index in [0.717, 1.165) is 37.7 Å². The zero-order chi connectivity index (χ0) is 15.6. The molecule has 0 amide bonds. The highest BCUT2D eigenvalue weighted by atomic mass is 16.1. The normalized spacial score (nSPS) is 16.1. The van der Waals surface area contributed by atoms with Gasteiger partial charge in [0.1, 0.15) is 12.1 Å². The minimum atomic E-state index is -0.138. The number of H-pyrrole nitrogens is 1. The lowest BCUT2D eigenvalue weighted by atomic mass is 10.3. The van der Waals surface area contributed by atoms with Crippen LogP contribution in [0.3, 0.4) is 0 Å². The number of nitrogens with one attached hydrogen (secondary N) is 1. The molecule has 118 valence electrons. The Bertz CT molecular complexity index is 850. The summed E-state index contributed by atoms with van der Waals surface area (Å²) in [5.74, 6) is 1.31. The van der Waals surface area contributed by atoms with Crippen molar-refractivity contribution in [3.63, 3.8) is 0 Å². The molecular weight excluding hydrogens is 296 g/mol. The molecule has 0 aliphatic carbocycles. The first-order valence-corrected chi connectivity index (χ1v) is 7.45. The monoisotopic (exact) mass is 312 g/mol. The van der Waals surface area contributed by atoms with Crippen LogP contribution in [0.15, 0.2) is 35.8 Å². The highest BCUT2D eigenvalue weighted by Gasteiger charge is 2.19. The lowest BCUT2D eigenvalue weighted by molar-refractivity contribution is 0.246. The molecule has 3 aromatic rings. The number of hydrogen-bond acceptors (Lipinski definition) is 7. The van der Waals surface area contributed by atoms with E-state index in [0.29, 0.717) is 12.3 Å². The molecule has 1 N–H and O–H groups in total. The van der Waals surface area contributed by atoms with Crippen LogP contribution in [0.25, 0.3) is 5.78 Å². The molecular formula is C14H16N8O. The number of rotatable bonds is 3. The fourth-order valence-corrected chi connectivity index (χ4v) is 2.77. The molecule has 4 heterocycles. The van der Waals surface area contributed by atoms with E-state index in [1.807, 2.05) is 0 Å². The van der Waals surface area contributed by atoms with Gasteiger partial charge in [0.15, 0.2) is 0 Å². The minimum Gasteiger partial charge on any atom is -0.353 e. The van der Waals surface area contributed by atoms with Crippen molar-refractivity contribution in [2.24, 2.45) is 0 Å². The molecule has 0 atom stereocenters. The zero-order valence-corrected chi connectivity index (χ0v) is 12.5. The molecule has 0 radical (unpaired) electrons. The molecule has 9 nitrogen and oxygen atoms in total.